The molecule has 1 saturated heterocycles. The number of likely N-dealkylation sites (tertiary alicyclic amines) is 1. The smallest absolute Gasteiger partial charge is 0.298 e. The standard InChI is InChI=1S/C26H22FN5O3/c1-2-22(33)31-13-11-16(12-14-31)21-15-29-32-24(25(28)34)23(30-26(21)32)17-3-7-19(8-4-17)35-20-9-5-18(27)6-10-20/h1,3-10,15-16,29H,11-14H2,(H2,28,34). The lowest BCUT2D eigenvalue weighted by Gasteiger charge is -2.30. The van der Waals surface area contributed by atoms with Crippen LogP contribution in [-0.4, -0.2) is 44.4 Å². The summed E-state index contributed by atoms with van der Waals surface area (Å²) < 4.78 is 20.5. The number of halogens is 1. The molecule has 3 heterocycles. The fraction of sp³-hybridized carbons (Fsp3) is 0.192. The third-order valence-corrected chi connectivity index (χ3v) is 6.24. The SMILES string of the molecule is C#CC(=O)N1CCC(c2c[nH]n3c(C(N)=O)c(-c4ccc(Oc5ccc(F)cc5)cc4)nc23)CC1. The predicted molar refractivity (Wildman–Crippen MR) is 127 cm³/mol. The van der Waals surface area contributed by atoms with Gasteiger partial charge >= 0.3 is 0 Å². The normalized spacial score (nSPS) is 14.1. The highest BCUT2D eigenvalue weighted by Gasteiger charge is 2.28. The van der Waals surface area contributed by atoms with Crippen molar-refractivity contribution in [3.8, 4) is 35.1 Å². The molecule has 4 aromatic rings. The largest absolute Gasteiger partial charge is 0.457 e. The van der Waals surface area contributed by atoms with Crippen molar-refractivity contribution >= 4 is 17.5 Å². The molecule has 0 bridgehead atoms. The van der Waals surface area contributed by atoms with Gasteiger partial charge in [-0.05, 0) is 73.2 Å². The van der Waals surface area contributed by atoms with E-state index >= 15 is 0 Å². The van der Waals surface area contributed by atoms with Crippen molar-refractivity contribution in [2.24, 2.45) is 5.73 Å². The Kier molecular flexibility index (Phi) is 5.71. The summed E-state index contributed by atoms with van der Waals surface area (Å²) in [5.74, 6) is 2.14. The lowest BCUT2D eigenvalue weighted by Crippen LogP contribution is -2.37. The summed E-state index contributed by atoms with van der Waals surface area (Å²) in [5, 5.41) is 3.10. The zero-order valence-electron chi connectivity index (χ0n) is 18.7. The van der Waals surface area contributed by atoms with Crippen LogP contribution in [0.1, 0.15) is 34.8 Å². The summed E-state index contributed by atoms with van der Waals surface area (Å²) in [7, 11) is 0. The number of amides is 2. The molecule has 2 amide bonds. The quantitative estimate of drug-likeness (QED) is 0.433. The molecule has 3 N–H and O–H groups in total. The zero-order valence-corrected chi connectivity index (χ0v) is 18.7. The molecule has 0 unspecified atom stereocenters. The van der Waals surface area contributed by atoms with Crippen molar-refractivity contribution in [2.45, 2.75) is 18.8 Å². The summed E-state index contributed by atoms with van der Waals surface area (Å²) in [6, 6.07) is 12.8. The van der Waals surface area contributed by atoms with Crippen LogP contribution in [-0.2, 0) is 4.79 Å². The first kappa shape index (κ1) is 22.2. The number of hydrogen-bond donors (Lipinski definition) is 2. The number of rotatable bonds is 5. The number of aromatic nitrogens is 3. The summed E-state index contributed by atoms with van der Waals surface area (Å²) in [6.45, 7) is 1.13. The summed E-state index contributed by atoms with van der Waals surface area (Å²) >= 11 is 0. The number of aromatic amines is 1. The number of hydrogen-bond acceptors (Lipinski definition) is 4. The van der Waals surface area contributed by atoms with E-state index in [0.29, 0.717) is 41.5 Å². The molecular formula is C26H22FN5O3. The Morgan fingerprint density at radius 2 is 1.71 bits per heavy atom. The number of piperidine rings is 1. The van der Waals surface area contributed by atoms with Crippen LogP contribution in [0.5, 0.6) is 11.5 Å². The molecule has 2 aromatic heterocycles. The predicted octanol–water partition coefficient (Wildman–Crippen LogP) is 3.70. The Hall–Kier alpha value is -4.58. The Balaban J connectivity index is 1.42. The molecule has 0 aliphatic carbocycles. The molecule has 0 spiro atoms. The van der Waals surface area contributed by atoms with Gasteiger partial charge in [-0.3, -0.25) is 14.7 Å². The van der Waals surface area contributed by atoms with E-state index in [0.717, 1.165) is 18.4 Å². The van der Waals surface area contributed by atoms with Crippen LogP contribution in [0.3, 0.4) is 0 Å². The molecule has 0 radical (unpaired) electrons. The van der Waals surface area contributed by atoms with Crippen molar-refractivity contribution < 1.29 is 18.7 Å². The molecule has 0 atom stereocenters. The van der Waals surface area contributed by atoms with Gasteiger partial charge in [0.25, 0.3) is 11.8 Å². The Morgan fingerprint density at radius 3 is 2.31 bits per heavy atom. The van der Waals surface area contributed by atoms with E-state index in [-0.39, 0.29) is 23.3 Å². The highest BCUT2D eigenvalue weighted by molar-refractivity contribution is 5.98. The van der Waals surface area contributed by atoms with Crippen LogP contribution >= 0.6 is 0 Å². The van der Waals surface area contributed by atoms with Gasteiger partial charge in [0, 0.05) is 30.4 Å². The van der Waals surface area contributed by atoms with Crippen molar-refractivity contribution in [1.29, 1.82) is 0 Å². The number of primary amides is 1. The topological polar surface area (TPSA) is 106 Å². The first-order valence-electron chi connectivity index (χ1n) is 11.1. The highest BCUT2D eigenvalue weighted by atomic mass is 19.1. The van der Waals surface area contributed by atoms with Gasteiger partial charge in [-0.15, -0.1) is 6.42 Å². The van der Waals surface area contributed by atoms with E-state index in [1.54, 1.807) is 45.8 Å². The van der Waals surface area contributed by atoms with Crippen LogP contribution in [0, 0.1) is 18.2 Å². The van der Waals surface area contributed by atoms with Gasteiger partial charge < -0.3 is 15.4 Å². The first-order chi connectivity index (χ1) is 16.9. The molecule has 1 aliphatic heterocycles. The average molecular weight is 471 g/mol. The van der Waals surface area contributed by atoms with Gasteiger partial charge in [-0.2, -0.15) is 0 Å². The third kappa shape index (κ3) is 4.22. The fourth-order valence-electron chi connectivity index (χ4n) is 4.47. The van der Waals surface area contributed by atoms with Gasteiger partial charge in [0.1, 0.15) is 23.0 Å². The van der Waals surface area contributed by atoms with E-state index in [1.165, 1.54) is 12.1 Å². The van der Waals surface area contributed by atoms with Crippen LogP contribution < -0.4 is 10.5 Å². The Labute approximate surface area is 200 Å². The molecule has 9 heteroatoms. The molecule has 176 valence electrons. The summed E-state index contributed by atoms with van der Waals surface area (Å²) in [6.07, 6.45) is 8.55. The van der Waals surface area contributed by atoms with Crippen LogP contribution in [0.4, 0.5) is 4.39 Å². The van der Waals surface area contributed by atoms with Gasteiger partial charge in [-0.1, -0.05) is 0 Å². The van der Waals surface area contributed by atoms with Crippen molar-refractivity contribution in [1.82, 2.24) is 19.5 Å². The number of imidazole rings is 1. The Bertz CT molecular complexity index is 1440. The number of carbonyl (C=O) groups excluding carboxylic acids is 2. The molecular weight excluding hydrogens is 449 g/mol. The van der Waals surface area contributed by atoms with E-state index in [4.69, 9.17) is 21.9 Å². The number of fused-ring (bicyclic) bond motifs is 1. The first-order valence-corrected chi connectivity index (χ1v) is 11.1. The number of terminal acetylenes is 1. The number of benzene rings is 2. The molecule has 1 aliphatic rings. The monoisotopic (exact) mass is 471 g/mol. The van der Waals surface area contributed by atoms with Gasteiger partial charge in [0.15, 0.2) is 11.3 Å². The molecule has 0 saturated carbocycles. The maximum Gasteiger partial charge on any atom is 0.298 e. The number of nitrogens with one attached hydrogen (secondary N) is 1. The molecule has 8 nitrogen and oxygen atoms in total. The minimum atomic E-state index is -0.609. The van der Waals surface area contributed by atoms with Gasteiger partial charge in [0.05, 0.1) is 0 Å². The third-order valence-electron chi connectivity index (χ3n) is 6.24. The van der Waals surface area contributed by atoms with Crippen LogP contribution in [0.2, 0.25) is 0 Å². The number of nitrogens with two attached hydrogens (primary N) is 1. The van der Waals surface area contributed by atoms with Crippen LogP contribution in [0.25, 0.3) is 16.9 Å². The zero-order chi connectivity index (χ0) is 24.5. The van der Waals surface area contributed by atoms with E-state index in [9.17, 15) is 14.0 Å². The van der Waals surface area contributed by atoms with Crippen LogP contribution in [0.15, 0.2) is 54.7 Å². The van der Waals surface area contributed by atoms with E-state index in [1.807, 2.05) is 6.20 Å². The highest BCUT2D eigenvalue weighted by Crippen LogP contribution is 2.34. The maximum atomic E-state index is 13.1. The van der Waals surface area contributed by atoms with Gasteiger partial charge in [-0.25, -0.2) is 13.9 Å². The second-order valence-electron chi connectivity index (χ2n) is 8.35. The minimum Gasteiger partial charge on any atom is -0.457 e. The molecule has 1 fully saturated rings. The summed E-state index contributed by atoms with van der Waals surface area (Å²) in [5.41, 5.74) is 8.71. The number of ether oxygens (including phenoxy) is 1. The summed E-state index contributed by atoms with van der Waals surface area (Å²) in [4.78, 5) is 30.6. The number of nitrogens with zero attached hydrogens (tertiary/aromatic N) is 3. The van der Waals surface area contributed by atoms with Gasteiger partial charge in [0.2, 0.25) is 0 Å². The lowest BCUT2D eigenvalue weighted by molar-refractivity contribution is -0.126. The van der Waals surface area contributed by atoms with Crippen molar-refractivity contribution in [2.75, 3.05) is 13.1 Å². The average Bonchev–Trinajstić information content (AvgIpc) is 3.45. The second-order valence-corrected chi connectivity index (χ2v) is 8.35. The van der Waals surface area contributed by atoms with Crippen molar-refractivity contribution in [3.05, 3.63) is 71.8 Å². The Morgan fingerprint density at radius 1 is 1.09 bits per heavy atom. The maximum absolute atomic E-state index is 13.1. The molecule has 2 aromatic carbocycles. The second kappa shape index (κ2) is 8.99. The number of carbonyl (C=O) groups is 2. The fourth-order valence-corrected chi connectivity index (χ4v) is 4.47. The van der Waals surface area contributed by atoms with E-state index < -0.39 is 5.91 Å². The minimum absolute atomic E-state index is 0.160. The lowest BCUT2D eigenvalue weighted by atomic mass is 9.91. The van der Waals surface area contributed by atoms with Crippen molar-refractivity contribution in [3.63, 3.8) is 0 Å². The molecule has 35 heavy (non-hydrogen) atoms. The van der Waals surface area contributed by atoms with E-state index in [2.05, 4.69) is 11.0 Å². The molecule has 5 rings (SSSR count). The number of H-pyrrole nitrogens is 1.